The molecule has 0 fully saturated rings. The fourth-order valence-corrected chi connectivity index (χ4v) is 3.83. The van der Waals surface area contributed by atoms with Crippen molar-refractivity contribution in [3.8, 4) is 11.5 Å². The van der Waals surface area contributed by atoms with Gasteiger partial charge in [0.1, 0.15) is 25.0 Å². The highest BCUT2D eigenvalue weighted by atomic mass is 16.6. The highest BCUT2D eigenvalue weighted by molar-refractivity contribution is 6.03. The fraction of sp³-hybridized carbons (Fsp3) is 0.250. The summed E-state index contributed by atoms with van der Waals surface area (Å²) < 4.78 is 16.9. The topological polar surface area (TPSA) is 76.3 Å². The molecule has 2 aliphatic rings. The lowest BCUT2D eigenvalue weighted by molar-refractivity contribution is -0.131. The van der Waals surface area contributed by atoms with Crippen LogP contribution in [-0.2, 0) is 4.79 Å². The molecule has 0 spiro atoms. The van der Waals surface area contributed by atoms with Crippen molar-refractivity contribution in [2.24, 2.45) is 5.10 Å². The molecule has 0 saturated heterocycles. The lowest BCUT2D eigenvalue weighted by atomic mass is 10.0. The van der Waals surface area contributed by atoms with Crippen LogP contribution in [0.5, 0.6) is 11.5 Å². The number of fused-ring (bicyclic) bond motifs is 1. The van der Waals surface area contributed by atoms with Gasteiger partial charge in [-0.25, -0.2) is 5.01 Å². The number of ether oxygens (including phenoxy) is 2. The Morgan fingerprint density at radius 1 is 1.10 bits per heavy atom. The van der Waals surface area contributed by atoms with Crippen molar-refractivity contribution in [1.82, 2.24) is 5.01 Å². The number of nitrogens with one attached hydrogen (secondary N) is 1. The number of hydrogen-bond donors (Lipinski definition) is 1. The van der Waals surface area contributed by atoms with Crippen LogP contribution < -0.4 is 14.8 Å². The van der Waals surface area contributed by atoms with E-state index in [1.165, 1.54) is 10.6 Å². The molecule has 1 N–H and O–H groups in total. The van der Waals surface area contributed by atoms with E-state index in [9.17, 15) is 4.79 Å². The van der Waals surface area contributed by atoms with Gasteiger partial charge in [0.25, 0.3) is 5.91 Å². The van der Waals surface area contributed by atoms with Crippen molar-refractivity contribution in [3.05, 3.63) is 77.7 Å². The predicted octanol–water partition coefficient (Wildman–Crippen LogP) is 4.15. The van der Waals surface area contributed by atoms with Crippen molar-refractivity contribution in [3.63, 3.8) is 0 Å². The van der Waals surface area contributed by atoms with Crippen LogP contribution in [0.4, 0.5) is 5.69 Å². The molecule has 1 aromatic heterocycles. The molecule has 31 heavy (non-hydrogen) atoms. The Bertz CT molecular complexity index is 1110. The molecule has 0 saturated carbocycles. The van der Waals surface area contributed by atoms with Crippen molar-refractivity contribution in [2.75, 3.05) is 25.1 Å². The number of hydrazone groups is 1. The van der Waals surface area contributed by atoms with E-state index in [2.05, 4.69) is 10.4 Å². The van der Waals surface area contributed by atoms with Gasteiger partial charge in [-0.15, -0.1) is 0 Å². The normalized spacial score (nSPS) is 17.4. The number of furan rings is 1. The number of nitrogens with zero attached hydrogens (tertiary/aromatic N) is 2. The van der Waals surface area contributed by atoms with Crippen molar-refractivity contribution in [2.45, 2.75) is 19.4 Å². The zero-order valence-electron chi connectivity index (χ0n) is 17.2. The van der Waals surface area contributed by atoms with Crippen LogP contribution in [0, 0.1) is 6.92 Å². The second-order valence-electron chi connectivity index (χ2n) is 7.57. The summed E-state index contributed by atoms with van der Waals surface area (Å²) in [6.07, 6.45) is 2.22. The molecule has 2 aromatic carbocycles. The first-order valence-corrected chi connectivity index (χ1v) is 10.3. The van der Waals surface area contributed by atoms with E-state index in [-0.39, 0.29) is 18.5 Å². The largest absolute Gasteiger partial charge is 0.486 e. The summed E-state index contributed by atoms with van der Waals surface area (Å²) in [7, 11) is 0. The number of rotatable bonds is 5. The fourth-order valence-electron chi connectivity index (χ4n) is 3.83. The Morgan fingerprint density at radius 3 is 2.74 bits per heavy atom. The third-order valence-corrected chi connectivity index (χ3v) is 5.42. The molecule has 2 aliphatic heterocycles. The maximum Gasteiger partial charge on any atom is 0.262 e. The molecular weight excluding hydrogens is 394 g/mol. The molecule has 7 heteroatoms. The summed E-state index contributed by atoms with van der Waals surface area (Å²) in [5, 5.41) is 9.37. The lowest BCUT2D eigenvalue weighted by Gasteiger charge is -2.23. The standard InChI is InChI=1S/C24H23N3O4/c1-16-7-9-17(10-8-16)19-14-20(21-6-3-11-29-21)27(26-19)23(28)15-25-18-4-2-5-22-24(18)31-13-12-30-22/h2-11,20,25H,12-15H2,1H3. The number of anilines is 1. The minimum Gasteiger partial charge on any atom is -0.486 e. The molecule has 7 nitrogen and oxygen atoms in total. The van der Waals surface area contributed by atoms with Crippen LogP contribution in [0.25, 0.3) is 0 Å². The Kier molecular flexibility index (Phi) is 5.08. The molecule has 1 unspecified atom stereocenters. The van der Waals surface area contributed by atoms with Crippen LogP contribution >= 0.6 is 0 Å². The maximum atomic E-state index is 13.2. The molecule has 1 atom stereocenters. The van der Waals surface area contributed by atoms with E-state index < -0.39 is 0 Å². The summed E-state index contributed by atoms with van der Waals surface area (Å²) >= 11 is 0. The molecule has 0 aliphatic carbocycles. The van der Waals surface area contributed by atoms with E-state index in [4.69, 9.17) is 13.9 Å². The van der Waals surface area contributed by atoms with Gasteiger partial charge in [-0.2, -0.15) is 5.10 Å². The third kappa shape index (κ3) is 3.86. The van der Waals surface area contributed by atoms with E-state index >= 15 is 0 Å². The van der Waals surface area contributed by atoms with Gasteiger partial charge in [0.05, 0.1) is 24.2 Å². The van der Waals surface area contributed by atoms with E-state index in [0.29, 0.717) is 36.9 Å². The van der Waals surface area contributed by atoms with Gasteiger partial charge < -0.3 is 19.2 Å². The number of benzene rings is 2. The van der Waals surface area contributed by atoms with Crippen LogP contribution in [-0.4, -0.2) is 36.4 Å². The third-order valence-electron chi connectivity index (χ3n) is 5.42. The smallest absolute Gasteiger partial charge is 0.262 e. The van der Waals surface area contributed by atoms with Gasteiger partial charge in [0.15, 0.2) is 11.5 Å². The number of carbonyl (C=O) groups excluding carboxylic acids is 1. The van der Waals surface area contributed by atoms with Gasteiger partial charge in [0, 0.05) is 6.42 Å². The summed E-state index contributed by atoms with van der Waals surface area (Å²) in [6.45, 7) is 3.12. The van der Waals surface area contributed by atoms with Crippen LogP contribution in [0.15, 0.2) is 70.4 Å². The lowest BCUT2D eigenvalue weighted by Crippen LogP contribution is -2.32. The van der Waals surface area contributed by atoms with Crippen LogP contribution in [0.2, 0.25) is 0 Å². The molecule has 0 radical (unpaired) electrons. The highest BCUT2D eigenvalue weighted by Gasteiger charge is 2.34. The first-order valence-electron chi connectivity index (χ1n) is 10.3. The van der Waals surface area contributed by atoms with Gasteiger partial charge >= 0.3 is 0 Å². The van der Waals surface area contributed by atoms with Gasteiger partial charge in [-0.1, -0.05) is 35.9 Å². The molecule has 5 rings (SSSR count). The van der Waals surface area contributed by atoms with Gasteiger partial charge in [-0.05, 0) is 36.8 Å². The van der Waals surface area contributed by atoms with Crippen molar-refractivity contribution < 1.29 is 18.7 Å². The first kappa shape index (κ1) is 19.2. The SMILES string of the molecule is Cc1ccc(C2=NN(C(=O)CNc3cccc4c3OCCO4)C(c3ccco3)C2)cc1. The first-order chi connectivity index (χ1) is 15.2. The zero-order valence-corrected chi connectivity index (χ0v) is 17.2. The Labute approximate surface area is 180 Å². The summed E-state index contributed by atoms with van der Waals surface area (Å²) in [5.41, 5.74) is 3.78. The number of amides is 1. The molecule has 158 valence electrons. The van der Waals surface area contributed by atoms with E-state index in [0.717, 1.165) is 17.0 Å². The Hall–Kier alpha value is -3.74. The summed E-state index contributed by atoms with van der Waals surface area (Å²) in [6, 6.07) is 17.2. The number of hydrogen-bond acceptors (Lipinski definition) is 6. The van der Waals surface area contributed by atoms with Crippen molar-refractivity contribution >= 4 is 17.3 Å². The number of para-hydroxylation sites is 1. The summed E-state index contributed by atoms with van der Waals surface area (Å²) in [5.74, 6) is 1.87. The van der Waals surface area contributed by atoms with E-state index in [1.807, 2.05) is 61.5 Å². The zero-order chi connectivity index (χ0) is 21.2. The van der Waals surface area contributed by atoms with Gasteiger partial charge in [0.2, 0.25) is 0 Å². The molecule has 1 amide bonds. The Morgan fingerprint density at radius 2 is 1.94 bits per heavy atom. The minimum atomic E-state index is -0.273. The second kappa shape index (κ2) is 8.18. The van der Waals surface area contributed by atoms with Gasteiger partial charge in [-0.3, -0.25) is 4.79 Å². The minimum absolute atomic E-state index is 0.0711. The maximum absolute atomic E-state index is 13.2. The van der Waals surface area contributed by atoms with Crippen LogP contribution in [0.1, 0.15) is 29.3 Å². The highest BCUT2D eigenvalue weighted by Crippen LogP contribution is 2.37. The number of aryl methyl sites for hydroxylation is 1. The predicted molar refractivity (Wildman–Crippen MR) is 117 cm³/mol. The summed E-state index contributed by atoms with van der Waals surface area (Å²) in [4.78, 5) is 13.2. The average Bonchev–Trinajstić information content (AvgIpc) is 3.48. The monoisotopic (exact) mass is 417 g/mol. The second-order valence-corrected chi connectivity index (χ2v) is 7.57. The average molecular weight is 417 g/mol. The molecule has 3 heterocycles. The molecular formula is C24H23N3O4. The quantitative estimate of drug-likeness (QED) is 0.675. The van der Waals surface area contributed by atoms with Crippen molar-refractivity contribution in [1.29, 1.82) is 0 Å². The van der Waals surface area contributed by atoms with Crippen LogP contribution in [0.3, 0.4) is 0 Å². The Balaban J connectivity index is 1.37. The molecule has 0 bridgehead atoms. The number of carbonyl (C=O) groups is 1. The molecule has 3 aromatic rings. The van der Waals surface area contributed by atoms with E-state index in [1.54, 1.807) is 6.26 Å².